The van der Waals surface area contributed by atoms with Crippen molar-refractivity contribution in [3.8, 4) is 0 Å². The third-order valence-corrected chi connectivity index (χ3v) is 4.40. The first-order valence-corrected chi connectivity index (χ1v) is 8.90. The molecule has 0 unspecified atom stereocenters. The summed E-state index contributed by atoms with van der Waals surface area (Å²) in [5.41, 5.74) is 0. The van der Waals surface area contributed by atoms with E-state index in [1.54, 1.807) is 23.4 Å². The Labute approximate surface area is 149 Å². The Morgan fingerprint density at radius 2 is 1.72 bits per heavy atom. The van der Waals surface area contributed by atoms with Crippen LogP contribution in [0.2, 0.25) is 0 Å². The summed E-state index contributed by atoms with van der Waals surface area (Å²) in [4.78, 5) is 36.8. The number of aromatic nitrogens is 2. The predicted octanol–water partition coefficient (Wildman–Crippen LogP) is 1.88. The van der Waals surface area contributed by atoms with E-state index >= 15 is 0 Å². The number of amides is 1. The van der Waals surface area contributed by atoms with E-state index in [0.29, 0.717) is 31.9 Å². The van der Waals surface area contributed by atoms with Crippen molar-refractivity contribution in [2.24, 2.45) is 5.92 Å². The second kappa shape index (κ2) is 8.78. The predicted molar refractivity (Wildman–Crippen MR) is 95.0 cm³/mol. The first-order chi connectivity index (χ1) is 11.9. The van der Waals surface area contributed by atoms with Gasteiger partial charge in [-0.1, -0.05) is 0 Å². The first-order valence-electron chi connectivity index (χ1n) is 8.90. The number of rotatable bonds is 6. The lowest BCUT2D eigenvalue weighted by Gasteiger charge is -2.32. The van der Waals surface area contributed by atoms with Crippen molar-refractivity contribution in [2.45, 2.75) is 52.6 Å². The second-order valence-corrected chi connectivity index (χ2v) is 6.91. The Morgan fingerprint density at radius 3 is 2.24 bits per heavy atom. The minimum absolute atomic E-state index is 0.0836. The molecule has 25 heavy (non-hydrogen) atoms. The monoisotopic (exact) mass is 348 g/mol. The van der Waals surface area contributed by atoms with Crippen LogP contribution in [0.15, 0.2) is 18.5 Å². The fourth-order valence-corrected chi connectivity index (χ4v) is 3.27. The van der Waals surface area contributed by atoms with Crippen molar-refractivity contribution in [1.29, 1.82) is 0 Å². The van der Waals surface area contributed by atoms with Crippen LogP contribution in [-0.4, -0.2) is 58.5 Å². The number of nitrogens with zero attached hydrogens (tertiary/aromatic N) is 4. The van der Waals surface area contributed by atoms with Gasteiger partial charge in [0.05, 0.1) is 5.92 Å². The molecule has 0 radical (unpaired) electrons. The van der Waals surface area contributed by atoms with E-state index in [1.807, 2.05) is 27.7 Å². The maximum atomic E-state index is 12.3. The molecule has 1 aliphatic heterocycles. The standard InChI is InChI=1S/C18H28N4O3/c1-13(2)22(14(3)4)16(23)12-25-17(24)15-6-10-21(11-7-15)18-19-8-5-9-20-18/h5,8-9,13-15H,6-7,10-12H2,1-4H3. The van der Waals surface area contributed by atoms with Crippen LogP contribution in [0.25, 0.3) is 0 Å². The highest BCUT2D eigenvalue weighted by Gasteiger charge is 2.28. The second-order valence-electron chi connectivity index (χ2n) is 6.91. The van der Waals surface area contributed by atoms with Gasteiger partial charge in [0, 0.05) is 37.6 Å². The summed E-state index contributed by atoms with van der Waals surface area (Å²) in [5.74, 6) is 0.0937. The number of hydrogen-bond donors (Lipinski definition) is 0. The van der Waals surface area contributed by atoms with Crippen LogP contribution in [-0.2, 0) is 14.3 Å². The average Bonchev–Trinajstić information content (AvgIpc) is 2.60. The summed E-state index contributed by atoms with van der Waals surface area (Å²) in [6, 6.07) is 1.95. The summed E-state index contributed by atoms with van der Waals surface area (Å²) in [5, 5.41) is 0. The van der Waals surface area contributed by atoms with Crippen LogP contribution in [0.5, 0.6) is 0 Å². The zero-order valence-corrected chi connectivity index (χ0v) is 15.5. The number of ether oxygens (including phenoxy) is 1. The Hall–Kier alpha value is -2.18. The van der Waals surface area contributed by atoms with E-state index in [4.69, 9.17) is 4.74 Å². The maximum Gasteiger partial charge on any atom is 0.309 e. The van der Waals surface area contributed by atoms with Crippen LogP contribution in [0.4, 0.5) is 5.95 Å². The van der Waals surface area contributed by atoms with Gasteiger partial charge in [0.2, 0.25) is 5.95 Å². The molecule has 1 fully saturated rings. The molecule has 1 aliphatic rings. The summed E-state index contributed by atoms with van der Waals surface area (Å²) >= 11 is 0. The highest BCUT2D eigenvalue weighted by Crippen LogP contribution is 2.21. The largest absolute Gasteiger partial charge is 0.455 e. The number of anilines is 1. The Balaban J connectivity index is 1.80. The lowest BCUT2D eigenvalue weighted by atomic mass is 9.97. The average molecular weight is 348 g/mol. The quantitative estimate of drug-likeness (QED) is 0.731. The van der Waals surface area contributed by atoms with E-state index < -0.39 is 0 Å². The summed E-state index contributed by atoms with van der Waals surface area (Å²) < 4.78 is 5.29. The van der Waals surface area contributed by atoms with E-state index in [2.05, 4.69) is 14.9 Å². The molecule has 2 heterocycles. The first kappa shape index (κ1) is 19.1. The van der Waals surface area contributed by atoms with Gasteiger partial charge in [-0.3, -0.25) is 9.59 Å². The molecular formula is C18H28N4O3. The van der Waals surface area contributed by atoms with Crippen molar-refractivity contribution in [2.75, 3.05) is 24.6 Å². The summed E-state index contributed by atoms with van der Waals surface area (Å²) in [6.45, 7) is 9.07. The van der Waals surface area contributed by atoms with Crippen molar-refractivity contribution in [3.63, 3.8) is 0 Å². The Kier molecular flexibility index (Phi) is 6.73. The number of hydrogen-bond acceptors (Lipinski definition) is 6. The molecule has 1 amide bonds. The zero-order chi connectivity index (χ0) is 18.4. The molecule has 1 aromatic heterocycles. The van der Waals surface area contributed by atoms with Gasteiger partial charge in [-0.25, -0.2) is 9.97 Å². The molecule has 1 aromatic rings. The molecular weight excluding hydrogens is 320 g/mol. The highest BCUT2D eigenvalue weighted by molar-refractivity contribution is 5.81. The summed E-state index contributed by atoms with van der Waals surface area (Å²) in [6.07, 6.45) is 4.79. The normalized spacial score (nSPS) is 15.5. The summed E-state index contributed by atoms with van der Waals surface area (Å²) in [7, 11) is 0. The van der Waals surface area contributed by atoms with Crippen molar-refractivity contribution in [1.82, 2.24) is 14.9 Å². The van der Waals surface area contributed by atoms with E-state index in [9.17, 15) is 9.59 Å². The van der Waals surface area contributed by atoms with E-state index in [0.717, 1.165) is 0 Å². The lowest BCUT2D eigenvalue weighted by Crippen LogP contribution is -2.44. The van der Waals surface area contributed by atoms with E-state index in [-0.39, 0.29) is 36.5 Å². The Bertz CT molecular complexity index is 561. The van der Waals surface area contributed by atoms with Gasteiger partial charge in [0.25, 0.3) is 5.91 Å². The molecule has 0 spiro atoms. The highest BCUT2D eigenvalue weighted by atomic mass is 16.5. The number of esters is 1. The molecule has 0 bridgehead atoms. The van der Waals surface area contributed by atoms with Crippen molar-refractivity contribution in [3.05, 3.63) is 18.5 Å². The molecule has 2 rings (SSSR count). The third kappa shape index (κ3) is 5.14. The molecule has 0 aromatic carbocycles. The van der Waals surface area contributed by atoms with Crippen molar-refractivity contribution < 1.29 is 14.3 Å². The maximum absolute atomic E-state index is 12.3. The van der Waals surface area contributed by atoms with Crippen LogP contribution < -0.4 is 4.90 Å². The van der Waals surface area contributed by atoms with Gasteiger partial charge < -0.3 is 14.5 Å². The van der Waals surface area contributed by atoms with Gasteiger partial charge in [0.1, 0.15) is 0 Å². The van der Waals surface area contributed by atoms with Crippen molar-refractivity contribution >= 4 is 17.8 Å². The number of piperidine rings is 1. The molecule has 0 saturated carbocycles. The fraction of sp³-hybridized carbons (Fsp3) is 0.667. The molecule has 138 valence electrons. The van der Waals surface area contributed by atoms with Crippen LogP contribution in [0, 0.1) is 5.92 Å². The van der Waals surface area contributed by atoms with Gasteiger partial charge in [-0.2, -0.15) is 0 Å². The zero-order valence-electron chi connectivity index (χ0n) is 15.5. The van der Waals surface area contributed by atoms with Gasteiger partial charge in [0.15, 0.2) is 6.61 Å². The smallest absolute Gasteiger partial charge is 0.309 e. The molecule has 7 nitrogen and oxygen atoms in total. The van der Waals surface area contributed by atoms with Crippen LogP contribution in [0.1, 0.15) is 40.5 Å². The number of carbonyl (C=O) groups is 2. The van der Waals surface area contributed by atoms with Crippen LogP contribution in [0.3, 0.4) is 0 Å². The molecule has 0 atom stereocenters. The number of carbonyl (C=O) groups excluding carboxylic acids is 2. The van der Waals surface area contributed by atoms with E-state index in [1.165, 1.54) is 0 Å². The minimum atomic E-state index is -0.283. The SMILES string of the molecule is CC(C)N(C(=O)COC(=O)C1CCN(c2ncccn2)CC1)C(C)C. The van der Waals surface area contributed by atoms with Crippen LogP contribution >= 0.6 is 0 Å². The molecule has 0 aliphatic carbocycles. The topological polar surface area (TPSA) is 75.6 Å². The van der Waals surface area contributed by atoms with Gasteiger partial charge in [-0.05, 0) is 46.6 Å². The molecule has 0 N–H and O–H groups in total. The molecule has 1 saturated heterocycles. The van der Waals surface area contributed by atoms with Gasteiger partial charge in [-0.15, -0.1) is 0 Å². The molecule has 7 heteroatoms. The minimum Gasteiger partial charge on any atom is -0.455 e. The van der Waals surface area contributed by atoms with Gasteiger partial charge >= 0.3 is 5.97 Å². The lowest BCUT2D eigenvalue weighted by molar-refractivity contribution is -0.157. The Morgan fingerprint density at radius 1 is 1.16 bits per heavy atom. The third-order valence-electron chi connectivity index (χ3n) is 4.40. The fourth-order valence-electron chi connectivity index (χ4n) is 3.27.